The van der Waals surface area contributed by atoms with Crippen LogP contribution in [0.5, 0.6) is 0 Å². The first-order valence-electron chi connectivity index (χ1n) is 22.1. The van der Waals surface area contributed by atoms with Crippen LogP contribution in [-0.2, 0) is 0 Å². The highest BCUT2D eigenvalue weighted by Gasteiger charge is 2.22. The molecule has 0 radical (unpaired) electrons. The molecule has 0 unspecified atom stereocenters. The van der Waals surface area contributed by atoms with Crippen molar-refractivity contribution in [1.82, 2.24) is 14.5 Å². The summed E-state index contributed by atoms with van der Waals surface area (Å²) in [5.41, 5.74) is 17.1. The Morgan fingerprint density at radius 3 is 1.08 bits per heavy atom. The molecule has 0 amide bonds. The molecular formula is C60H45N5. The van der Waals surface area contributed by atoms with Gasteiger partial charge < -0.3 is 14.4 Å². The summed E-state index contributed by atoms with van der Waals surface area (Å²) in [5.74, 6) is 0.704. The van der Waals surface area contributed by atoms with E-state index in [1.807, 2.05) is 24.3 Å². The lowest BCUT2D eigenvalue weighted by atomic mass is 10.00. The third kappa shape index (κ3) is 7.49. The molecule has 0 N–H and O–H groups in total. The number of aryl methyl sites for hydroxylation is 2. The molecule has 11 aromatic rings. The molecule has 0 fully saturated rings. The number of aromatic nitrogens is 3. The van der Waals surface area contributed by atoms with Gasteiger partial charge in [0, 0.05) is 61.6 Å². The van der Waals surface area contributed by atoms with Crippen LogP contribution >= 0.6 is 0 Å². The Morgan fingerprint density at radius 2 is 0.677 bits per heavy atom. The van der Waals surface area contributed by atoms with Gasteiger partial charge in [-0.05, 0) is 128 Å². The average Bonchev–Trinajstić information content (AvgIpc) is 3.68. The highest BCUT2D eigenvalue weighted by atomic mass is 15.1. The monoisotopic (exact) mass is 835 g/mol. The number of rotatable bonds is 10. The molecule has 0 aliphatic carbocycles. The molecule has 0 aliphatic rings. The molecule has 5 heteroatoms. The predicted molar refractivity (Wildman–Crippen MR) is 272 cm³/mol. The number of nitrogens with zero attached hydrogens (tertiary/aromatic N) is 5. The third-order valence-corrected chi connectivity index (χ3v) is 12.1. The van der Waals surface area contributed by atoms with Gasteiger partial charge >= 0.3 is 0 Å². The van der Waals surface area contributed by atoms with Crippen molar-refractivity contribution in [1.29, 1.82) is 0 Å². The van der Waals surface area contributed by atoms with Gasteiger partial charge in [-0.25, -0.2) is 9.97 Å². The maximum absolute atomic E-state index is 5.20. The molecule has 0 spiro atoms. The Balaban J connectivity index is 1.12. The molecule has 0 saturated heterocycles. The summed E-state index contributed by atoms with van der Waals surface area (Å²) in [6, 6.07) is 83.6. The molecule has 0 bridgehead atoms. The van der Waals surface area contributed by atoms with Crippen LogP contribution in [0.1, 0.15) is 11.1 Å². The van der Waals surface area contributed by atoms with Gasteiger partial charge in [-0.1, -0.05) is 133 Å². The Hall–Kier alpha value is -8.54. The van der Waals surface area contributed by atoms with Gasteiger partial charge in [0.15, 0.2) is 5.82 Å². The van der Waals surface area contributed by atoms with Crippen LogP contribution in [0.4, 0.5) is 34.1 Å². The molecule has 11 rings (SSSR count). The Kier molecular flexibility index (Phi) is 10.3. The maximum Gasteiger partial charge on any atom is 0.160 e. The lowest BCUT2D eigenvalue weighted by Gasteiger charge is -2.26. The second kappa shape index (κ2) is 17.0. The zero-order valence-electron chi connectivity index (χ0n) is 36.3. The minimum Gasteiger partial charge on any atom is -0.310 e. The molecule has 9 aromatic carbocycles. The van der Waals surface area contributed by atoms with E-state index in [1.165, 1.54) is 0 Å². The third-order valence-electron chi connectivity index (χ3n) is 12.1. The van der Waals surface area contributed by atoms with Crippen molar-refractivity contribution < 1.29 is 0 Å². The van der Waals surface area contributed by atoms with Gasteiger partial charge in [0.1, 0.15) is 0 Å². The summed E-state index contributed by atoms with van der Waals surface area (Å²) in [7, 11) is 0. The van der Waals surface area contributed by atoms with Crippen LogP contribution < -0.4 is 9.80 Å². The number of fused-ring (bicyclic) bond motifs is 3. The van der Waals surface area contributed by atoms with E-state index in [4.69, 9.17) is 9.97 Å². The Labute approximate surface area is 379 Å². The van der Waals surface area contributed by atoms with Crippen molar-refractivity contribution in [2.24, 2.45) is 0 Å². The molecule has 5 nitrogen and oxygen atoms in total. The Morgan fingerprint density at radius 1 is 0.323 bits per heavy atom. The van der Waals surface area contributed by atoms with Crippen molar-refractivity contribution in [3.63, 3.8) is 0 Å². The first-order chi connectivity index (χ1) is 32.1. The van der Waals surface area contributed by atoms with Crippen LogP contribution in [-0.4, -0.2) is 14.5 Å². The molecule has 2 heterocycles. The highest BCUT2D eigenvalue weighted by Crippen LogP contribution is 2.44. The summed E-state index contributed by atoms with van der Waals surface area (Å²) in [6.45, 7) is 4.45. The average molecular weight is 836 g/mol. The van der Waals surface area contributed by atoms with Crippen LogP contribution in [0.2, 0.25) is 0 Å². The number of benzene rings is 9. The number of hydrogen-bond donors (Lipinski definition) is 0. The van der Waals surface area contributed by atoms with E-state index in [2.05, 4.69) is 241 Å². The van der Waals surface area contributed by atoms with Crippen molar-refractivity contribution in [3.05, 3.63) is 248 Å². The van der Waals surface area contributed by atoms with Crippen LogP contribution in [0.25, 0.3) is 61.4 Å². The first-order valence-corrected chi connectivity index (χ1v) is 22.1. The SMILES string of the molecule is Cc1cc(-c2cc(-c3ccccc3)nc(-c3ccccc3)n2)cc(C)c1-n1c2ccc(N(c3ccccc3)c3ccccc3)cc2c2cc(N(c3ccccc3)c3ccccc3)ccc21. The van der Waals surface area contributed by atoms with Gasteiger partial charge in [-0.3, -0.25) is 0 Å². The van der Waals surface area contributed by atoms with E-state index < -0.39 is 0 Å². The van der Waals surface area contributed by atoms with Crippen molar-refractivity contribution in [3.8, 4) is 39.6 Å². The largest absolute Gasteiger partial charge is 0.310 e. The van der Waals surface area contributed by atoms with Crippen molar-refractivity contribution in [2.75, 3.05) is 9.80 Å². The summed E-state index contributed by atoms with van der Waals surface area (Å²) < 4.78 is 2.46. The summed E-state index contributed by atoms with van der Waals surface area (Å²) in [5, 5.41) is 2.33. The molecule has 65 heavy (non-hydrogen) atoms. The molecule has 2 aromatic heterocycles. The van der Waals surface area contributed by atoms with E-state index in [0.29, 0.717) is 5.82 Å². The van der Waals surface area contributed by atoms with E-state index in [0.717, 1.165) is 101 Å². The Bertz CT molecular complexity index is 3130. The number of para-hydroxylation sites is 4. The van der Waals surface area contributed by atoms with Gasteiger partial charge in [-0.2, -0.15) is 0 Å². The van der Waals surface area contributed by atoms with Crippen LogP contribution in [0.15, 0.2) is 237 Å². The molecule has 310 valence electrons. The van der Waals surface area contributed by atoms with Crippen molar-refractivity contribution in [2.45, 2.75) is 13.8 Å². The molecule has 0 saturated carbocycles. The van der Waals surface area contributed by atoms with Crippen LogP contribution in [0, 0.1) is 13.8 Å². The fourth-order valence-corrected chi connectivity index (χ4v) is 9.25. The normalized spacial score (nSPS) is 11.2. The molecular weight excluding hydrogens is 791 g/mol. The standard InChI is InChI=1S/C60H45N5/c1-42-37-46(56-41-55(44-21-9-3-10-22-44)61-60(62-56)45-23-11-4-12-24-45)38-43(2)59(42)65-57-35-33-51(63(47-25-13-5-14-26-47)48-27-15-6-16-28-48)39-53(57)54-40-52(34-36-58(54)65)64(49-29-17-7-18-30-49)50-31-19-8-20-32-50/h3-41H,1-2H3. The zero-order chi connectivity index (χ0) is 43.7. The van der Waals surface area contributed by atoms with Gasteiger partial charge in [0.25, 0.3) is 0 Å². The van der Waals surface area contributed by atoms with E-state index in [9.17, 15) is 0 Å². The number of hydrogen-bond acceptors (Lipinski definition) is 4. The summed E-state index contributed by atoms with van der Waals surface area (Å²) in [6.07, 6.45) is 0. The number of anilines is 6. The lowest BCUT2D eigenvalue weighted by Crippen LogP contribution is -2.09. The fourth-order valence-electron chi connectivity index (χ4n) is 9.25. The maximum atomic E-state index is 5.20. The van der Waals surface area contributed by atoms with E-state index in [-0.39, 0.29) is 0 Å². The van der Waals surface area contributed by atoms with Gasteiger partial charge in [-0.15, -0.1) is 0 Å². The fraction of sp³-hybridized carbons (Fsp3) is 0.0333. The van der Waals surface area contributed by atoms with E-state index >= 15 is 0 Å². The molecule has 0 aliphatic heterocycles. The summed E-state index contributed by atoms with van der Waals surface area (Å²) in [4.78, 5) is 14.9. The minimum atomic E-state index is 0.704. The zero-order valence-corrected chi connectivity index (χ0v) is 36.3. The second-order valence-electron chi connectivity index (χ2n) is 16.4. The smallest absolute Gasteiger partial charge is 0.160 e. The second-order valence-corrected chi connectivity index (χ2v) is 16.4. The lowest BCUT2D eigenvalue weighted by molar-refractivity contribution is 1.12. The summed E-state index contributed by atoms with van der Waals surface area (Å²) >= 11 is 0. The quantitative estimate of drug-likeness (QED) is 0.138. The van der Waals surface area contributed by atoms with E-state index in [1.54, 1.807) is 0 Å². The van der Waals surface area contributed by atoms with Crippen molar-refractivity contribution >= 4 is 55.9 Å². The minimum absolute atomic E-state index is 0.704. The van der Waals surface area contributed by atoms with Crippen LogP contribution in [0.3, 0.4) is 0 Å². The van der Waals surface area contributed by atoms with Gasteiger partial charge in [0.05, 0.1) is 28.1 Å². The first kappa shape index (κ1) is 39.3. The predicted octanol–water partition coefficient (Wildman–Crippen LogP) is 16.1. The van der Waals surface area contributed by atoms with Gasteiger partial charge in [0.2, 0.25) is 0 Å². The molecule has 0 atom stereocenters. The topological polar surface area (TPSA) is 37.2 Å². The highest BCUT2D eigenvalue weighted by molar-refractivity contribution is 6.12.